The molecule has 0 bridgehead atoms. The van der Waals surface area contributed by atoms with Crippen LogP contribution in [0.1, 0.15) is 37.1 Å². The maximum Gasteiger partial charge on any atom is 0.315 e. The molecule has 0 heterocycles. The van der Waals surface area contributed by atoms with Crippen LogP contribution in [0, 0.1) is 0 Å². The lowest BCUT2D eigenvalue weighted by Crippen LogP contribution is -2.38. The van der Waals surface area contributed by atoms with E-state index in [0.717, 1.165) is 11.1 Å². The van der Waals surface area contributed by atoms with Crippen LogP contribution >= 0.6 is 0 Å². The average Bonchev–Trinajstić information content (AvgIpc) is 2.72. The molecule has 28 heavy (non-hydrogen) atoms. The van der Waals surface area contributed by atoms with Gasteiger partial charge in [-0.15, -0.1) is 0 Å². The molecule has 0 saturated heterocycles. The van der Waals surface area contributed by atoms with E-state index in [2.05, 4.69) is 10.6 Å². The number of carbonyl (C=O) groups excluding carboxylic acids is 1. The summed E-state index contributed by atoms with van der Waals surface area (Å²) in [6, 6.07) is 10.3. The minimum atomic E-state index is -0.285. The average molecular weight is 388 g/mol. The fraction of sp³-hybridized carbons (Fsp3) is 0.381. The van der Waals surface area contributed by atoms with Crippen molar-refractivity contribution in [1.82, 2.24) is 10.6 Å². The standard InChI is InChI=1S/C21H28N2O5/c1-13(15-7-10-18(26-4)20(11-15)28-6)22-21(24)23-14(2)17-9-8-16(25-3)12-19(17)27-5/h7-14H,1-6H3,(H2,22,23,24). The number of urea groups is 1. The zero-order chi connectivity index (χ0) is 20.7. The van der Waals surface area contributed by atoms with E-state index in [1.165, 1.54) is 0 Å². The van der Waals surface area contributed by atoms with Gasteiger partial charge in [0.05, 0.1) is 40.5 Å². The number of benzene rings is 2. The predicted molar refractivity (Wildman–Crippen MR) is 108 cm³/mol. The monoisotopic (exact) mass is 388 g/mol. The maximum atomic E-state index is 12.5. The van der Waals surface area contributed by atoms with Gasteiger partial charge in [-0.05, 0) is 43.7 Å². The number of amides is 2. The van der Waals surface area contributed by atoms with Gasteiger partial charge < -0.3 is 29.6 Å². The van der Waals surface area contributed by atoms with Gasteiger partial charge in [0.2, 0.25) is 0 Å². The Hall–Kier alpha value is -3.09. The minimum absolute atomic E-state index is 0.218. The molecule has 0 spiro atoms. The number of ether oxygens (including phenoxy) is 4. The van der Waals surface area contributed by atoms with Crippen molar-refractivity contribution in [2.24, 2.45) is 0 Å². The second-order valence-corrected chi connectivity index (χ2v) is 6.28. The highest BCUT2D eigenvalue weighted by Gasteiger charge is 2.17. The van der Waals surface area contributed by atoms with Crippen LogP contribution in [-0.2, 0) is 0 Å². The summed E-state index contributed by atoms with van der Waals surface area (Å²) in [6.07, 6.45) is 0. The van der Waals surface area contributed by atoms with E-state index in [-0.39, 0.29) is 18.1 Å². The molecule has 2 aromatic rings. The number of hydrogen-bond acceptors (Lipinski definition) is 5. The van der Waals surface area contributed by atoms with Crippen LogP contribution in [0.4, 0.5) is 4.79 Å². The summed E-state index contributed by atoms with van der Waals surface area (Å²) in [5, 5.41) is 5.87. The number of nitrogens with one attached hydrogen (secondary N) is 2. The molecule has 2 N–H and O–H groups in total. The van der Waals surface area contributed by atoms with Gasteiger partial charge in [0.1, 0.15) is 11.5 Å². The van der Waals surface area contributed by atoms with E-state index < -0.39 is 0 Å². The van der Waals surface area contributed by atoms with Crippen LogP contribution in [0.25, 0.3) is 0 Å². The molecule has 2 aromatic carbocycles. The Labute approximate surface area is 165 Å². The first-order chi connectivity index (χ1) is 13.4. The van der Waals surface area contributed by atoms with Crippen molar-refractivity contribution in [3.05, 3.63) is 47.5 Å². The fourth-order valence-corrected chi connectivity index (χ4v) is 2.89. The third kappa shape index (κ3) is 5.00. The summed E-state index contributed by atoms with van der Waals surface area (Å²) in [5.41, 5.74) is 1.76. The molecule has 7 nitrogen and oxygen atoms in total. The molecule has 0 radical (unpaired) electrons. The summed E-state index contributed by atoms with van der Waals surface area (Å²) >= 11 is 0. The molecule has 2 atom stereocenters. The summed E-state index contributed by atoms with van der Waals surface area (Å²) in [7, 11) is 6.35. The van der Waals surface area contributed by atoms with E-state index in [1.54, 1.807) is 34.5 Å². The molecule has 152 valence electrons. The van der Waals surface area contributed by atoms with Crippen LogP contribution in [0.15, 0.2) is 36.4 Å². The van der Waals surface area contributed by atoms with E-state index in [4.69, 9.17) is 18.9 Å². The van der Waals surface area contributed by atoms with Gasteiger partial charge in [0.15, 0.2) is 11.5 Å². The van der Waals surface area contributed by atoms with Gasteiger partial charge in [-0.1, -0.05) is 6.07 Å². The third-order valence-corrected chi connectivity index (χ3v) is 4.51. The van der Waals surface area contributed by atoms with Gasteiger partial charge >= 0.3 is 6.03 Å². The predicted octanol–water partition coefficient (Wildman–Crippen LogP) is 3.84. The Morgan fingerprint density at radius 2 is 1.39 bits per heavy atom. The molecular weight excluding hydrogens is 360 g/mol. The maximum absolute atomic E-state index is 12.5. The largest absolute Gasteiger partial charge is 0.497 e. The molecular formula is C21H28N2O5. The molecule has 7 heteroatoms. The fourth-order valence-electron chi connectivity index (χ4n) is 2.89. The molecule has 2 rings (SSSR count). The van der Waals surface area contributed by atoms with Crippen LogP contribution in [-0.4, -0.2) is 34.5 Å². The molecule has 0 aliphatic rings. The molecule has 2 amide bonds. The number of hydrogen-bond donors (Lipinski definition) is 2. The molecule has 2 unspecified atom stereocenters. The molecule has 0 aliphatic carbocycles. The zero-order valence-corrected chi connectivity index (χ0v) is 17.2. The van der Waals surface area contributed by atoms with Crippen molar-refractivity contribution in [1.29, 1.82) is 0 Å². The highest BCUT2D eigenvalue weighted by molar-refractivity contribution is 5.75. The van der Waals surface area contributed by atoms with Gasteiger partial charge in [-0.3, -0.25) is 0 Å². The van der Waals surface area contributed by atoms with E-state index in [1.807, 2.05) is 44.2 Å². The van der Waals surface area contributed by atoms with Crippen molar-refractivity contribution in [3.63, 3.8) is 0 Å². The van der Waals surface area contributed by atoms with Crippen molar-refractivity contribution >= 4 is 6.03 Å². The summed E-state index contributed by atoms with van der Waals surface area (Å²) < 4.78 is 21.2. The van der Waals surface area contributed by atoms with E-state index in [0.29, 0.717) is 23.0 Å². The lowest BCUT2D eigenvalue weighted by molar-refractivity contribution is 0.234. The second-order valence-electron chi connectivity index (χ2n) is 6.28. The summed E-state index contributed by atoms with van der Waals surface area (Å²) in [6.45, 7) is 3.80. The first kappa shape index (κ1) is 21.2. The lowest BCUT2D eigenvalue weighted by Gasteiger charge is -2.21. The minimum Gasteiger partial charge on any atom is -0.497 e. The Kier molecular flexibility index (Phi) is 7.37. The third-order valence-electron chi connectivity index (χ3n) is 4.51. The van der Waals surface area contributed by atoms with Crippen molar-refractivity contribution in [3.8, 4) is 23.0 Å². The zero-order valence-electron chi connectivity index (χ0n) is 17.2. The highest BCUT2D eigenvalue weighted by Crippen LogP contribution is 2.31. The summed E-state index contributed by atoms with van der Waals surface area (Å²) in [4.78, 5) is 12.5. The Bertz CT molecular complexity index is 809. The van der Waals surface area contributed by atoms with Crippen LogP contribution in [0.2, 0.25) is 0 Å². The Morgan fingerprint density at radius 1 is 0.750 bits per heavy atom. The van der Waals surface area contributed by atoms with Crippen molar-refractivity contribution < 1.29 is 23.7 Å². The first-order valence-corrected chi connectivity index (χ1v) is 8.94. The SMILES string of the molecule is COc1ccc(C(C)NC(=O)NC(C)c2ccc(OC)c(OC)c2)c(OC)c1. The van der Waals surface area contributed by atoms with Gasteiger partial charge in [0, 0.05) is 11.6 Å². The molecule has 0 aromatic heterocycles. The van der Waals surface area contributed by atoms with Gasteiger partial charge in [-0.2, -0.15) is 0 Å². The quantitative estimate of drug-likeness (QED) is 0.718. The molecule has 0 fully saturated rings. The first-order valence-electron chi connectivity index (χ1n) is 8.94. The summed E-state index contributed by atoms with van der Waals surface area (Å²) in [5.74, 6) is 2.60. The van der Waals surface area contributed by atoms with Gasteiger partial charge in [-0.25, -0.2) is 4.79 Å². The number of rotatable bonds is 8. The van der Waals surface area contributed by atoms with Crippen LogP contribution in [0.5, 0.6) is 23.0 Å². The Morgan fingerprint density at radius 3 is 2.00 bits per heavy atom. The van der Waals surface area contributed by atoms with Crippen LogP contribution < -0.4 is 29.6 Å². The second kappa shape index (κ2) is 9.73. The normalized spacial score (nSPS) is 12.5. The van der Waals surface area contributed by atoms with Crippen molar-refractivity contribution in [2.45, 2.75) is 25.9 Å². The lowest BCUT2D eigenvalue weighted by atomic mass is 10.1. The number of carbonyl (C=O) groups is 1. The molecule has 0 saturated carbocycles. The highest BCUT2D eigenvalue weighted by atomic mass is 16.5. The van der Waals surface area contributed by atoms with Crippen LogP contribution in [0.3, 0.4) is 0 Å². The van der Waals surface area contributed by atoms with E-state index in [9.17, 15) is 4.79 Å². The van der Waals surface area contributed by atoms with Crippen molar-refractivity contribution in [2.75, 3.05) is 28.4 Å². The van der Waals surface area contributed by atoms with E-state index >= 15 is 0 Å². The smallest absolute Gasteiger partial charge is 0.315 e. The van der Waals surface area contributed by atoms with Gasteiger partial charge in [0.25, 0.3) is 0 Å². The molecule has 0 aliphatic heterocycles. The topological polar surface area (TPSA) is 78.1 Å². The number of methoxy groups -OCH3 is 4. The Balaban J connectivity index is 2.05.